The van der Waals surface area contributed by atoms with Crippen LogP contribution in [0.1, 0.15) is 36.4 Å². The van der Waals surface area contributed by atoms with Gasteiger partial charge in [-0.25, -0.2) is 4.98 Å². The van der Waals surface area contributed by atoms with E-state index in [9.17, 15) is 22.8 Å². The van der Waals surface area contributed by atoms with Crippen molar-refractivity contribution in [2.45, 2.75) is 38.4 Å². The van der Waals surface area contributed by atoms with Crippen LogP contribution in [0.25, 0.3) is 0 Å². The average Bonchev–Trinajstić information content (AvgIpc) is 2.68. The van der Waals surface area contributed by atoms with E-state index in [0.29, 0.717) is 32.3 Å². The quantitative estimate of drug-likeness (QED) is 0.820. The van der Waals surface area contributed by atoms with Crippen LogP contribution >= 0.6 is 0 Å². The molecule has 1 aliphatic heterocycles. The maximum atomic E-state index is 13.2. The van der Waals surface area contributed by atoms with Crippen molar-refractivity contribution in [3.63, 3.8) is 0 Å². The number of hydrogen-bond donors (Lipinski definition) is 1. The number of nitrogens with zero attached hydrogens (tertiary/aromatic N) is 2. The Morgan fingerprint density at radius 2 is 2.00 bits per heavy atom. The molecule has 29 heavy (non-hydrogen) atoms. The minimum atomic E-state index is -4.62. The predicted octanol–water partition coefficient (Wildman–Crippen LogP) is 3.57. The van der Waals surface area contributed by atoms with Gasteiger partial charge >= 0.3 is 6.18 Å². The SMILES string of the molecule is Cc1ccc(NC(=O)C(CC2CCOCC2)n2cc(C(F)(F)F)ccc2=O)nc1. The maximum Gasteiger partial charge on any atom is 0.417 e. The molecule has 3 rings (SSSR count). The molecule has 6 nitrogen and oxygen atoms in total. The van der Waals surface area contributed by atoms with Gasteiger partial charge in [0.15, 0.2) is 0 Å². The van der Waals surface area contributed by atoms with Gasteiger partial charge in [-0.2, -0.15) is 13.2 Å². The molecule has 2 aromatic heterocycles. The van der Waals surface area contributed by atoms with E-state index in [-0.39, 0.29) is 18.2 Å². The average molecular weight is 409 g/mol. The topological polar surface area (TPSA) is 73.2 Å². The Bertz CT molecular complexity index is 904. The number of rotatable bonds is 5. The molecular formula is C20H22F3N3O3. The lowest BCUT2D eigenvalue weighted by molar-refractivity contribution is -0.138. The third-order valence-corrected chi connectivity index (χ3v) is 4.96. The number of pyridine rings is 2. The van der Waals surface area contributed by atoms with Crippen molar-refractivity contribution in [3.8, 4) is 0 Å². The molecule has 1 fully saturated rings. The fourth-order valence-electron chi connectivity index (χ4n) is 3.31. The van der Waals surface area contributed by atoms with Gasteiger partial charge in [-0.1, -0.05) is 6.07 Å². The third-order valence-electron chi connectivity index (χ3n) is 4.96. The molecule has 1 saturated heterocycles. The normalized spacial score (nSPS) is 16.4. The molecule has 3 heterocycles. The van der Waals surface area contributed by atoms with Crippen LogP contribution in [0.5, 0.6) is 0 Å². The molecule has 0 aromatic carbocycles. The Morgan fingerprint density at radius 1 is 1.28 bits per heavy atom. The van der Waals surface area contributed by atoms with Gasteiger partial charge in [0, 0.05) is 31.7 Å². The number of ether oxygens (including phenoxy) is 1. The van der Waals surface area contributed by atoms with Crippen LogP contribution in [0.4, 0.5) is 19.0 Å². The van der Waals surface area contributed by atoms with E-state index in [0.717, 1.165) is 22.3 Å². The number of alkyl halides is 3. The van der Waals surface area contributed by atoms with Gasteiger partial charge in [0.2, 0.25) is 5.91 Å². The van der Waals surface area contributed by atoms with E-state index >= 15 is 0 Å². The standard InChI is InChI=1S/C20H22F3N3O3/c1-13-2-4-17(24-11-13)25-19(28)16(10-14-6-8-29-9-7-14)26-12-15(20(21,22)23)3-5-18(26)27/h2-5,11-12,14,16H,6-10H2,1H3,(H,24,25,28). The van der Waals surface area contributed by atoms with Gasteiger partial charge in [0.05, 0.1) is 5.56 Å². The van der Waals surface area contributed by atoms with Gasteiger partial charge < -0.3 is 14.6 Å². The highest BCUT2D eigenvalue weighted by Crippen LogP contribution is 2.30. The summed E-state index contributed by atoms with van der Waals surface area (Å²) in [5.74, 6) is -0.237. The van der Waals surface area contributed by atoms with Crippen LogP contribution in [0.15, 0.2) is 41.5 Å². The molecule has 0 saturated carbocycles. The fourth-order valence-corrected chi connectivity index (χ4v) is 3.31. The van der Waals surface area contributed by atoms with E-state index in [1.54, 1.807) is 18.3 Å². The molecule has 1 atom stereocenters. The number of anilines is 1. The molecule has 0 spiro atoms. The highest BCUT2D eigenvalue weighted by atomic mass is 19.4. The number of aromatic nitrogens is 2. The summed E-state index contributed by atoms with van der Waals surface area (Å²) in [4.78, 5) is 29.4. The number of aryl methyl sites for hydroxylation is 1. The molecule has 9 heteroatoms. The van der Waals surface area contributed by atoms with Gasteiger partial charge in [0.25, 0.3) is 5.56 Å². The number of hydrogen-bond acceptors (Lipinski definition) is 4. The van der Waals surface area contributed by atoms with Crippen LogP contribution in [0, 0.1) is 12.8 Å². The molecule has 0 bridgehead atoms. The molecule has 1 aliphatic rings. The van der Waals surface area contributed by atoms with Crippen molar-refractivity contribution >= 4 is 11.7 Å². The lowest BCUT2D eigenvalue weighted by atomic mass is 9.92. The summed E-state index contributed by atoms with van der Waals surface area (Å²) in [6.45, 7) is 2.89. The number of amides is 1. The van der Waals surface area contributed by atoms with E-state index in [1.165, 1.54) is 0 Å². The number of carbonyl (C=O) groups excluding carboxylic acids is 1. The maximum absolute atomic E-state index is 13.2. The monoisotopic (exact) mass is 409 g/mol. The molecule has 0 radical (unpaired) electrons. The first-order chi connectivity index (χ1) is 13.7. The summed E-state index contributed by atoms with van der Waals surface area (Å²) >= 11 is 0. The lowest BCUT2D eigenvalue weighted by Gasteiger charge is -2.27. The Balaban J connectivity index is 1.93. The summed E-state index contributed by atoms with van der Waals surface area (Å²) in [7, 11) is 0. The Labute approximate surface area is 165 Å². The zero-order valence-corrected chi connectivity index (χ0v) is 15.9. The van der Waals surface area contributed by atoms with Crippen LogP contribution in [0.3, 0.4) is 0 Å². The van der Waals surface area contributed by atoms with Gasteiger partial charge in [-0.05, 0) is 49.8 Å². The summed E-state index contributed by atoms with van der Waals surface area (Å²) in [5, 5.41) is 2.62. The van der Waals surface area contributed by atoms with E-state index < -0.39 is 29.2 Å². The summed E-state index contributed by atoms with van der Waals surface area (Å²) in [5.41, 5.74) is -0.742. The van der Waals surface area contributed by atoms with Crippen LogP contribution in [-0.4, -0.2) is 28.7 Å². The summed E-state index contributed by atoms with van der Waals surface area (Å²) < 4.78 is 45.7. The van der Waals surface area contributed by atoms with Crippen molar-refractivity contribution in [2.24, 2.45) is 5.92 Å². The van der Waals surface area contributed by atoms with E-state index in [4.69, 9.17) is 4.74 Å². The second kappa shape index (κ2) is 8.77. The second-order valence-corrected chi connectivity index (χ2v) is 7.18. The highest BCUT2D eigenvalue weighted by molar-refractivity contribution is 5.92. The predicted molar refractivity (Wildman–Crippen MR) is 101 cm³/mol. The lowest BCUT2D eigenvalue weighted by Crippen LogP contribution is -2.35. The zero-order chi connectivity index (χ0) is 21.0. The number of nitrogens with one attached hydrogen (secondary N) is 1. The molecule has 1 amide bonds. The van der Waals surface area contributed by atoms with Crippen LogP contribution in [0.2, 0.25) is 0 Å². The van der Waals surface area contributed by atoms with Gasteiger partial charge in [0.1, 0.15) is 11.9 Å². The molecule has 2 aromatic rings. The van der Waals surface area contributed by atoms with Crippen molar-refractivity contribution in [1.29, 1.82) is 0 Å². The second-order valence-electron chi connectivity index (χ2n) is 7.18. The molecule has 0 aliphatic carbocycles. The Hall–Kier alpha value is -2.68. The summed E-state index contributed by atoms with van der Waals surface area (Å²) in [6.07, 6.45) is -0.732. The first-order valence-corrected chi connectivity index (χ1v) is 9.34. The first-order valence-electron chi connectivity index (χ1n) is 9.34. The Kier molecular flexibility index (Phi) is 6.36. The van der Waals surface area contributed by atoms with Crippen molar-refractivity contribution < 1.29 is 22.7 Å². The van der Waals surface area contributed by atoms with Crippen molar-refractivity contribution in [2.75, 3.05) is 18.5 Å². The number of carbonyl (C=O) groups is 1. The summed E-state index contributed by atoms with van der Waals surface area (Å²) in [6, 6.07) is 3.84. The van der Waals surface area contributed by atoms with Crippen LogP contribution < -0.4 is 10.9 Å². The first kappa shape index (κ1) is 21.0. The molecule has 1 N–H and O–H groups in total. The smallest absolute Gasteiger partial charge is 0.381 e. The van der Waals surface area contributed by atoms with E-state index in [2.05, 4.69) is 10.3 Å². The largest absolute Gasteiger partial charge is 0.417 e. The molecular weight excluding hydrogens is 387 g/mol. The highest BCUT2D eigenvalue weighted by Gasteiger charge is 2.33. The van der Waals surface area contributed by atoms with Crippen molar-refractivity contribution in [3.05, 3.63) is 58.1 Å². The molecule has 156 valence electrons. The minimum Gasteiger partial charge on any atom is -0.381 e. The molecule has 1 unspecified atom stereocenters. The van der Waals surface area contributed by atoms with Crippen molar-refractivity contribution in [1.82, 2.24) is 9.55 Å². The minimum absolute atomic E-state index is 0.0620. The van der Waals surface area contributed by atoms with Gasteiger partial charge in [-0.3, -0.25) is 9.59 Å². The van der Waals surface area contributed by atoms with E-state index in [1.807, 2.05) is 6.92 Å². The van der Waals surface area contributed by atoms with Crippen LogP contribution in [-0.2, 0) is 15.7 Å². The Morgan fingerprint density at radius 3 is 2.62 bits per heavy atom. The fraction of sp³-hybridized carbons (Fsp3) is 0.450. The number of halogens is 3. The van der Waals surface area contributed by atoms with Gasteiger partial charge in [-0.15, -0.1) is 0 Å². The zero-order valence-electron chi connectivity index (χ0n) is 15.9. The third kappa shape index (κ3) is 5.44.